The van der Waals surface area contributed by atoms with Gasteiger partial charge in [0, 0.05) is 32.4 Å². The van der Waals surface area contributed by atoms with Gasteiger partial charge in [-0.05, 0) is 20.8 Å². The molecular formula is C17H19F3N6O3. The number of piperazine rings is 1. The van der Waals surface area contributed by atoms with Crippen molar-refractivity contribution >= 4 is 17.6 Å². The summed E-state index contributed by atoms with van der Waals surface area (Å²) in [5, 5.41) is 13.4. The minimum absolute atomic E-state index is 0.0402. The van der Waals surface area contributed by atoms with Gasteiger partial charge in [-0.25, -0.2) is 4.79 Å². The Labute approximate surface area is 163 Å². The Morgan fingerprint density at radius 2 is 1.86 bits per heavy atom. The van der Waals surface area contributed by atoms with Crippen LogP contribution in [-0.2, 0) is 10.9 Å². The number of carbonyl (C=O) groups is 1. The third kappa shape index (κ3) is 3.98. The van der Waals surface area contributed by atoms with Gasteiger partial charge in [-0.3, -0.25) is 4.79 Å². The van der Waals surface area contributed by atoms with Crippen LogP contribution in [0, 0.1) is 11.3 Å². The molecule has 1 aliphatic heterocycles. The highest BCUT2D eigenvalue weighted by Crippen LogP contribution is 2.28. The normalized spacial score (nSPS) is 15.5. The number of hydrogen-bond acceptors (Lipinski definition) is 6. The number of aromatic amines is 1. The third-order valence-corrected chi connectivity index (χ3v) is 4.29. The molecule has 0 atom stereocenters. The SMILES string of the molecule is CC(C)(C)OC(=O)N1CCN(c2nn3c(=O)c(C(F)(F)F)c[nH]c3c2C#N)CC1. The maximum absolute atomic E-state index is 13.0. The van der Waals surface area contributed by atoms with Crippen LogP contribution in [0.15, 0.2) is 11.0 Å². The number of ether oxygens (including phenoxy) is 1. The van der Waals surface area contributed by atoms with Crippen LogP contribution < -0.4 is 10.5 Å². The molecule has 0 saturated carbocycles. The largest absolute Gasteiger partial charge is 0.444 e. The second-order valence-corrected chi connectivity index (χ2v) is 7.53. The zero-order valence-electron chi connectivity index (χ0n) is 16.0. The summed E-state index contributed by atoms with van der Waals surface area (Å²) >= 11 is 0. The lowest BCUT2D eigenvalue weighted by Gasteiger charge is -2.35. The van der Waals surface area contributed by atoms with Gasteiger partial charge in [0.1, 0.15) is 22.8 Å². The fourth-order valence-electron chi connectivity index (χ4n) is 2.96. The first-order chi connectivity index (χ1) is 13.4. The molecule has 12 heteroatoms. The van der Waals surface area contributed by atoms with E-state index in [1.807, 2.05) is 6.07 Å². The van der Waals surface area contributed by atoms with Crippen molar-refractivity contribution in [3.63, 3.8) is 0 Å². The Bertz CT molecular complexity index is 1040. The van der Waals surface area contributed by atoms with Gasteiger partial charge >= 0.3 is 12.3 Å². The molecule has 0 bridgehead atoms. The number of halogens is 3. The number of fused-ring (bicyclic) bond motifs is 1. The highest BCUT2D eigenvalue weighted by Gasteiger charge is 2.36. The third-order valence-electron chi connectivity index (χ3n) is 4.29. The summed E-state index contributed by atoms with van der Waals surface area (Å²) in [5.41, 5.74) is -3.56. The van der Waals surface area contributed by atoms with Crippen LogP contribution in [0.4, 0.5) is 23.8 Å². The summed E-state index contributed by atoms with van der Waals surface area (Å²) in [5.74, 6) is 0.0870. The minimum atomic E-state index is -4.85. The summed E-state index contributed by atoms with van der Waals surface area (Å²) in [6.45, 7) is 6.36. The van der Waals surface area contributed by atoms with E-state index in [9.17, 15) is 28.0 Å². The number of amides is 1. The number of nitrogens with one attached hydrogen (secondary N) is 1. The first-order valence-corrected chi connectivity index (χ1v) is 8.77. The van der Waals surface area contributed by atoms with E-state index in [4.69, 9.17) is 4.74 Å². The highest BCUT2D eigenvalue weighted by atomic mass is 19.4. The molecule has 1 fully saturated rings. The van der Waals surface area contributed by atoms with Gasteiger partial charge in [0.05, 0.1) is 0 Å². The average molecular weight is 412 g/mol. The van der Waals surface area contributed by atoms with Crippen molar-refractivity contribution in [3.8, 4) is 6.07 Å². The van der Waals surface area contributed by atoms with Crippen molar-refractivity contribution in [2.45, 2.75) is 32.5 Å². The van der Waals surface area contributed by atoms with E-state index in [2.05, 4.69) is 10.1 Å². The number of alkyl halides is 3. The maximum atomic E-state index is 13.0. The van der Waals surface area contributed by atoms with Gasteiger partial charge in [0.15, 0.2) is 11.5 Å². The summed E-state index contributed by atoms with van der Waals surface area (Å²) in [6, 6.07) is 1.88. The second-order valence-electron chi connectivity index (χ2n) is 7.53. The summed E-state index contributed by atoms with van der Waals surface area (Å²) < 4.78 is 44.8. The first-order valence-electron chi connectivity index (χ1n) is 8.77. The summed E-state index contributed by atoms with van der Waals surface area (Å²) in [6.07, 6.45) is -4.79. The van der Waals surface area contributed by atoms with Gasteiger partial charge in [-0.2, -0.15) is 22.9 Å². The Hall–Kier alpha value is -3.23. The highest BCUT2D eigenvalue weighted by molar-refractivity contribution is 5.70. The van der Waals surface area contributed by atoms with Crippen LogP contribution in [-0.4, -0.2) is 57.4 Å². The molecule has 2 aromatic rings. The van der Waals surface area contributed by atoms with E-state index < -0.39 is 29.0 Å². The number of H-pyrrole nitrogens is 1. The van der Waals surface area contributed by atoms with Gasteiger partial charge < -0.3 is 19.5 Å². The number of anilines is 1. The summed E-state index contributed by atoms with van der Waals surface area (Å²) in [7, 11) is 0. The Balaban J connectivity index is 1.88. The minimum Gasteiger partial charge on any atom is -0.444 e. The Kier molecular flexibility index (Phi) is 4.94. The van der Waals surface area contributed by atoms with E-state index in [1.54, 1.807) is 25.7 Å². The number of carbonyl (C=O) groups excluding carboxylic acids is 1. The lowest BCUT2D eigenvalue weighted by molar-refractivity contribution is -0.139. The van der Waals surface area contributed by atoms with E-state index in [-0.39, 0.29) is 43.2 Å². The molecular weight excluding hydrogens is 393 g/mol. The molecule has 3 heterocycles. The monoisotopic (exact) mass is 412 g/mol. The molecule has 1 saturated heterocycles. The molecule has 29 heavy (non-hydrogen) atoms. The first kappa shape index (κ1) is 20.5. The molecule has 0 aliphatic carbocycles. The molecule has 2 aromatic heterocycles. The molecule has 0 aromatic carbocycles. The average Bonchev–Trinajstić information content (AvgIpc) is 2.99. The van der Waals surface area contributed by atoms with Gasteiger partial charge in [-0.15, -0.1) is 5.10 Å². The predicted molar refractivity (Wildman–Crippen MR) is 95.5 cm³/mol. The molecule has 0 spiro atoms. The van der Waals surface area contributed by atoms with Crippen LogP contribution >= 0.6 is 0 Å². The van der Waals surface area contributed by atoms with E-state index in [1.165, 1.54) is 4.90 Å². The number of rotatable bonds is 1. The van der Waals surface area contributed by atoms with Crippen LogP contribution in [0.1, 0.15) is 31.9 Å². The molecule has 156 valence electrons. The number of nitrogens with zero attached hydrogens (tertiary/aromatic N) is 5. The zero-order valence-corrected chi connectivity index (χ0v) is 16.0. The maximum Gasteiger partial charge on any atom is 0.423 e. The van der Waals surface area contributed by atoms with Crippen molar-refractivity contribution in [2.24, 2.45) is 0 Å². The fourth-order valence-corrected chi connectivity index (χ4v) is 2.96. The van der Waals surface area contributed by atoms with Gasteiger partial charge in [0.25, 0.3) is 5.56 Å². The Morgan fingerprint density at radius 3 is 2.38 bits per heavy atom. The van der Waals surface area contributed by atoms with E-state index >= 15 is 0 Å². The van der Waals surface area contributed by atoms with E-state index in [0.717, 1.165) is 0 Å². The number of nitriles is 1. The summed E-state index contributed by atoms with van der Waals surface area (Å²) in [4.78, 5) is 29.8. The van der Waals surface area contributed by atoms with E-state index in [0.29, 0.717) is 10.7 Å². The molecule has 1 amide bonds. The smallest absolute Gasteiger partial charge is 0.423 e. The fraction of sp³-hybridized carbons (Fsp3) is 0.529. The number of hydrogen-bond donors (Lipinski definition) is 1. The lowest BCUT2D eigenvalue weighted by atomic mass is 10.2. The quantitative estimate of drug-likeness (QED) is 0.768. The Morgan fingerprint density at radius 1 is 1.24 bits per heavy atom. The van der Waals surface area contributed by atoms with Gasteiger partial charge in [0.2, 0.25) is 0 Å². The number of aromatic nitrogens is 3. The van der Waals surface area contributed by atoms with Crippen LogP contribution in [0.2, 0.25) is 0 Å². The zero-order chi connectivity index (χ0) is 21.6. The van der Waals surface area contributed by atoms with Crippen molar-refractivity contribution in [3.05, 3.63) is 27.7 Å². The molecule has 1 aliphatic rings. The molecule has 0 unspecified atom stereocenters. The molecule has 1 N–H and O–H groups in total. The van der Waals surface area contributed by atoms with Crippen molar-refractivity contribution in [2.75, 3.05) is 31.1 Å². The van der Waals surface area contributed by atoms with Crippen molar-refractivity contribution in [1.82, 2.24) is 19.5 Å². The van der Waals surface area contributed by atoms with Crippen molar-refractivity contribution in [1.29, 1.82) is 5.26 Å². The van der Waals surface area contributed by atoms with Crippen molar-refractivity contribution < 1.29 is 22.7 Å². The molecule has 0 radical (unpaired) electrons. The lowest BCUT2D eigenvalue weighted by Crippen LogP contribution is -2.50. The molecule has 9 nitrogen and oxygen atoms in total. The topological polar surface area (TPSA) is 107 Å². The van der Waals surface area contributed by atoms with Gasteiger partial charge in [-0.1, -0.05) is 0 Å². The predicted octanol–water partition coefficient (Wildman–Crippen LogP) is 1.97. The van der Waals surface area contributed by atoms with Crippen LogP contribution in [0.3, 0.4) is 0 Å². The van der Waals surface area contributed by atoms with Crippen LogP contribution in [0.25, 0.3) is 5.65 Å². The second kappa shape index (κ2) is 6.98. The molecule has 3 rings (SSSR count). The van der Waals surface area contributed by atoms with Crippen LogP contribution in [0.5, 0.6) is 0 Å². The standard InChI is InChI=1S/C17H19F3N6O3/c1-16(2,3)29-15(28)25-6-4-24(5-7-25)13-10(8-21)12-22-9-11(17(18,19)20)14(27)26(12)23-13/h9,22H,4-7H2,1-3H3.